The number of H-pyrrole nitrogens is 1. The number of aliphatic hydroxyl groups excluding tert-OH is 1. The Labute approximate surface area is 152 Å². The van der Waals surface area contributed by atoms with E-state index in [0.29, 0.717) is 44.0 Å². The average Bonchev–Trinajstić information content (AvgIpc) is 2.61. The molecular weight excluding hydrogens is 336 g/mol. The quantitative estimate of drug-likeness (QED) is 0.774. The molecular formula is C18H26N4O4. The Bertz CT molecular complexity index is 747. The maximum atomic E-state index is 12.7. The predicted molar refractivity (Wildman–Crippen MR) is 94.4 cm³/mol. The van der Waals surface area contributed by atoms with Gasteiger partial charge in [0.15, 0.2) is 0 Å². The molecule has 0 aliphatic carbocycles. The molecule has 2 aliphatic heterocycles. The number of likely N-dealkylation sites (tertiary alicyclic amines) is 2. The fourth-order valence-corrected chi connectivity index (χ4v) is 4.09. The standard InChI is InChI=1S/C18H26N4O4/c1-13-19-10-14(17(26)20-13)9-16(25)21-6-2-4-18(11-21)5-3-15(24)22(12-18)7-8-23/h10,23H,2-9,11-12H2,1H3,(H,19,20,26)/t18-/m1/s1. The van der Waals surface area contributed by atoms with Crippen molar-refractivity contribution in [1.82, 2.24) is 19.8 Å². The molecule has 3 rings (SSSR count). The minimum absolute atomic E-state index is 0.0397. The van der Waals surface area contributed by atoms with Crippen LogP contribution in [0, 0.1) is 12.3 Å². The highest BCUT2D eigenvalue weighted by Gasteiger charge is 2.42. The molecule has 2 fully saturated rings. The summed E-state index contributed by atoms with van der Waals surface area (Å²) >= 11 is 0. The van der Waals surface area contributed by atoms with E-state index in [1.807, 2.05) is 4.90 Å². The van der Waals surface area contributed by atoms with Crippen LogP contribution in [-0.2, 0) is 16.0 Å². The Morgan fingerprint density at radius 2 is 2.15 bits per heavy atom. The lowest BCUT2D eigenvalue weighted by Crippen LogP contribution is -2.55. The third-order valence-corrected chi connectivity index (χ3v) is 5.47. The second-order valence-corrected chi connectivity index (χ2v) is 7.46. The van der Waals surface area contributed by atoms with Crippen LogP contribution in [-0.4, -0.2) is 69.5 Å². The molecule has 0 bridgehead atoms. The molecule has 2 saturated heterocycles. The van der Waals surface area contributed by atoms with E-state index >= 15 is 0 Å². The molecule has 1 aromatic rings. The average molecular weight is 362 g/mol. The van der Waals surface area contributed by atoms with Gasteiger partial charge in [0.1, 0.15) is 5.82 Å². The minimum atomic E-state index is -0.269. The van der Waals surface area contributed by atoms with Crippen LogP contribution in [0.2, 0.25) is 0 Å². The van der Waals surface area contributed by atoms with Crippen LogP contribution in [0.4, 0.5) is 0 Å². The minimum Gasteiger partial charge on any atom is -0.395 e. The zero-order valence-corrected chi connectivity index (χ0v) is 15.2. The summed E-state index contributed by atoms with van der Waals surface area (Å²) in [6, 6.07) is 0. The van der Waals surface area contributed by atoms with Gasteiger partial charge < -0.3 is 19.9 Å². The number of rotatable bonds is 4. The topological polar surface area (TPSA) is 107 Å². The maximum Gasteiger partial charge on any atom is 0.254 e. The molecule has 0 radical (unpaired) electrons. The molecule has 142 valence electrons. The number of carbonyl (C=O) groups excluding carboxylic acids is 2. The predicted octanol–water partition coefficient (Wildman–Crippen LogP) is -0.156. The van der Waals surface area contributed by atoms with Crippen molar-refractivity contribution in [3.8, 4) is 0 Å². The van der Waals surface area contributed by atoms with Crippen molar-refractivity contribution in [2.75, 3.05) is 32.8 Å². The number of hydrogen-bond acceptors (Lipinski definition) is 5. The fraction of sp³-hybridized carbons (Fsp3) is 0.667. The van der Waals surface area contributed by atoms with Gasteiger partial charge in [-0.25, -0.2) is 4.98 Å². The highest BCUT2D eigenvalue weighted by atomic mass is 16.3. The van der Waals surface area contributed by atoms with Crippen LogP contribution in [0.3, 0.4) is 0 Å². The number of nitrogens with zero attached hydrogens (tertiary/aromatic N) is 3. The molecule has 2 N–H and O–H groups in total. The van der Waals surface area contributed by atoms with Crippen molar-refractivity contribution in [2.45, 2.75) is 39.0 Å². The summed E-state index contributed by atoms with van der Waals surface area (Å²) in [7, 11) is 0. The second-order valence-electron chi connectivity index (χ2n) is 7.46. The Hall–Kier alpha value is -2.22. The van der Waals surface area contributed by atoms with Crippen LogP contribution in [0.15, 0.2) is 11.0 Å². The van der Waals surface area contributed by atoms with Gasteiger partial charge in [-0.2, -0.15) is 0 Å². The summed E-state index contributed by atoms with van der Waals surface area (Å²) in [5, 5.41) is 9.18. The second kappa shape index (κ2) is 7.57. The number of aromatic amines is 1. The van der Waals surface area contributed by atoms with Gasteiger partial charge in [-0.3, -0.25) is 14.4 Å². The van der Waals surface area contributed by atoms with Crippen molar-refractivity contribution >= 4 is 11.8 Å². The molecule has 1 spiro atoms. The van der Waals surface area contributed by atoms with Crippen LogP contribution >= 0.6 is 0 Å². The molecule has 0 aromatic carbocycles. The van der Waals surface area contributed by atoms with Crippen LogP contribution < -0.4 is 5.56 Å². The van der Waals surface area contributed by atoms with E-state index in [0.717, 1.165) is 19.3 Å². The number of amides is 2. The van der Waals surface area contributed by atoms with Crippen LogP contribution in [0.5, 0.6) is 0 Å². The lowest BCUT2D eigenvalue weighted by atomic mass is 9.73. The third-order valence-electron chi connectivity index (χ3n) is 5.47. The van der Waals surface area contributed by atoms with Crippen molar-refractivity contribution in [1.29, 1.82) is 0 Å². The summed E-state index contributed by atoms with van der Waals surface area (Å²) in [5.41, 5.74) is 0.00508. The summed E-state index contributed by atoms with van der Waals surface area (Å²) in [6.07, 6.45) is 4.59. The summed E-state index contributed by atoms with van der Waals surface area (Å²) < 4.78 is 0. The highest BCUT2D eigenvalue weighted by Crippen LogP contribution is 2.38. The van der Waals surface area contributed by atoms with Gasteiger partial charge in [-0.05, 0) is 26.2 Å². The van der Waals surface area contributed by atoms with E-state index in [1.165, 1.54) is 6.20 Å². The summed E-state index contributed by atoms with van der Waals surface area (Å²) in [6.45, 7) is 3.85. The van der Waals surface area contributed by atoms with Crippen molar-refractivity contribution in [3.63, 3.8) is 0 Å². The molecule has 3 heterocycles. The number of carbonyl (C=O) groups is 2. The molecule has 0 unspecified atom stereocenters. The third kappa shape index (κ3) is 3.95. The van der Waals surface area contributed by atoms with E-state index in [9.17, 15) is 19.5 Å². The van der Waals surface area contributed by atoms with Gasteiger partial charge in [-0.15, -0.1) is 0 Å². The van der Waals surface area contributed by atoms with E-state index in [2.05, 4.69) is 9.97 Å². The highest BCUT2D eigenvalue weighted by molar-refractivity contribution is 5.79. The molecule has 2 amide bonds. The Kier molecular flexibility index (Phi) is 5.41. The van der Waals surface area contributed by atoms with Gasteiger partial charge in [0, 0.05) is 49.8 Å². The number of aryl methyl sites for hydroxylation is 1. The summed E-state index contributed by atoms with van der Waals surface area (Å²) in [5.74, 6) is 0.523. The number of nitrogens with one attached hydrogen (secondary N) is 1. The van der Waals surface area contributed by atoms with Gasteiger partial charge in [0.2, 0.25) is 11.8 Å². The molecule has 1 atom stereocenters. The molecule has 8 nitrogen and oxygen atoms in total. The molecule has 8 heteroatoms. The Morgan fingerprint density at radius 1 is 1.35 bits per heavy atom. The molecule has 26 heavy (non-hydrogen) atoms. The van der Waals surface area contributed by atoms with Crippen LogP contribution in [0.1, 0.15) is 37.1 Å². The number of aliphatic hydroxyl groups is 1. The Balaban J connectivity index is 1.68. The van der Waals surface area contributed by atoms with Gasteiger partial charge in [-0.1, -0.05) is 0 Å². The van der Waals surface area contributed by atoms with Gasteiger partial charge in [0.05, 0.1) is 13.0 Å². The van der Waals surface area contributed by atoms with E-state index in [-0.39, 0.29) is 35.8 Å². The zero-order valence-electron chi connectivity index (χ0n) is 15.2. The van der Waals surface area contributed by atoms with E-state index < -0.39 is 0 Å². The van der Waals surface area contributed by atoms with Gasteiger partial charge >= 0.3 is 0 Å². The Morgan fingerprint density at radius 3 is 2.88 bits per heavy atom. The molecule has 2 aliphatic rings. The number of hydrogen-bond donors (Lipinski definition) is 2. The van der Waals surface area contributed by atoms with Gasteiger partial charge in [0.25, 0.3) is 5.56 Å². The zero-order chi connectivity index (χ0) is 18.7. The van der Waals surface area contributed by atoms with Crippen LogP contribution in [0.25, 0.3) is 0 Å². The lowest BCUT2D eigenvalue weighted by molar-refractivity contribution is -0.143. The lowest BCUT2D eigenvalue weighted by Gasteiger charge is -2.48. The first-order valence-electron chi connectivity index (χ1n) is 9.14. The van der Waals surface area contributed by atoms with E-state index in [1.54, 1.807) is 11.8 Å². The van der Waals surface area contributed by atoms with Crippen molar-refractivity contribution in [2.24, 2.45) is 5.41 Å². The number of aromatic nitrogens is 2. The number of piperidine rings is 2. The normalized spacial score (nSPS) is 23.5. The first-order valence-corrected chi connectivity index (χ1v) is 9.14. The largest absolute Gasteiger partial charge is 0.395 e. The van der Waals surface area contributed by atoms with E-state index in [4.69, 9.17) is 0 Å². The fourth-order valence-electron chi connectivity index (χ4n) is 4.09. The smallest absolute Gasteiger partial charge is 0.254 e. The van der Waals surface area contributed by atoms with Crippen molar-refractivity contribution in [3.05, 3.63) is 27.9 Å². The first-order chi connectivity index (χ1) is 12.4. The molecule has 0 saturated carbocycles. The monoisotopic (exact) mass is 362 g/mol. The van der Waals surface area contributed by atoms with Crippen molar-refractivity contribution < 1.29 is 14.7 Å². The SMILES string of the molecule is Cc1ncc(CC(=O)N2CCC[C@@]3(CCC(=O)N(CCO)C3)C2)c(=O)[nH]1. The maximum absolute atomic E-state index is 12.7. The number of β-amino-alcohol motifs (C(OH)–C–C–N with tert-alkyl or cyclic N) is 1. The first kappa shape index (κ1) is 18.6. The molecule has 1 aromatic heterocycles. The summed E-state index contributed by atoms with van der Waals surface area (Å²) in [4.78, 5) is 46.9.